The van der Waals surface area contributed by atoms with Crippen molar-refractivity contribution < 1.29 is 23.1 Å². The van der Waals surface area contributed by atoms with Crippen LogP contribution in [0.15, 0.2) is 23.1 Å². The van der Waals surface area contributed by atoms with E-state index in [4.69, 9.17) is 5.11 Å². The van der Waals surface area contributed by atoms with E-state index in [-0.39, 0.29) is 0 Å². The normalized spacial score (nSPS) is 11.9. The Balaban J connectivity index is 2.82. The van der Waals surface area contributed by atoms with Crippen LogP contribution < -0.4 is 0 Å². The molecule has 1 aromatic rings. The third-order valence-electron chi connectivity index (χ3n) is 3.10. The maximum atomic E-state index is 12.7. The van der Waals surface area contributed by atoms with E-state index in [0.717, 1.165) is 31.8 Å². The van der Waals surface area contributed by atoms with Crippen LogP contribution >= 0.6 is 11.8 Å². The molecule has 1 rings (SSSR count). The monoisotopic (exact) mass is 321 g/mol. The zero-order chi connectivity index (χ0) is 16.0. The van der Waals surface area contributed by atoms with Crippen molar-refractivity contribution in [1.82, 2.24) is 4.90 Å². The Labute approximate surface area is 126 Å². The predicted molar refractivity (Wildman–Crippen MR) is 76.9 cm³/mol. The average Bonchev–Trinajstić information content (AvgIpc) is 2.42. The van der Waals surface area contributed by atoms with Gasteiger partial charge in [0.15, 0.2) is 0 Å². The van der Waals surface area contributed by atoms with Crippen LogP contribution in [0, 0.1) is 0 Å². The summed E-state index contributed by atoms with van der Waals surface area (Å²) in [5.74, 6) is -0.861. The van der Waals surface area contributed by atoms with Gasteiger partial charge in [-0.3, -0.25) is 0 Å². The van der Waals surface area contributed by atoms with Crippen molar-refractivity contribution in [3.8, 4) is 0 Å². The third kappa shape index (κ3) is 5.24. The van der Waals surface area contributed by atoms with Crippen molar-refractivity contribution in [2.75, 3.05) is 25.4 Å². The van der Waals surface area contributed by atoms with Crippen molar-refractivity contribution in [2.24, 2.45) is 0 Å². The summed E-state index contributed by atoms with van der Waals surface area (Å²) < 4.78 is 38.1. The highest BCUT2D eigenvalue weighted by molar-refractivity contribution is 7.99. The molecule has 0 aliphatic carbocycles. The van der Waals surface area contributed by atoms with Gasteiger partial charge in [-0.05, 0) is 31.3 Å². The van der Waals surface area contributed by atoms with E-state index in [9.17, 15) is 18.0 Å². The topological polar surface area (TPSA) is 40.5 Å². The van der Waals surface area contributed by atoms with Crippen LogP contribution in [-0.4, -0.2) is 41.4 Å². The minimum Gasteiger partial charge on any atom is -0.478 e. The van der Waals surface area contributed by atoms with Gasteiger partial charge in [0.05, 0.1) is 11.1 Å². The molecule has 0 heterocycles. The Morgan fingerprint density at radius 3 is 2.38 bits per heavy atom. The third-order valence-corrected chi connectivity index (χ3v) is 4.07. The number of aromatic carboxylic acids is 1. The maximum Gasteiger partial charge on any atom is 0.417 e. The zero-order valence-electron chi connectivity index (χ0n) is 11.9. The van der Waals surface area contributed by atoms with E-state index in [1.165, 1.54) is 17.8 Å². The van der Waals surface area contributed by atoms with Gasteiger partial charge < -0.3 is 10.0 Å². The summed E-state index contributed by atoms with van der Waals surface area (Å²) in [6, 6.07) is 3.25. The number of carboxylic acid groups (broad SMARTS) is 1. The van der Waals surface area contributed by atoms with E-state index >= 15 is 0 Å². The number of alkyl halides is 3. The average molecular weight is 321 g/mol. The Kier molecular flexibility index (Phi) is 6.54. The van der Waals surface area contributed by atoms with Crippen LogP contribution in [0.1, 0.15) is 29.8 Å². The summed E-state index contributed by atoms with van der Waals surface area (Å²) in [6.45, 7) is 6.69. The van der Waals surface area contributed by atoms with Crippen molar-refractivity contribution >= 4 is 17.7 Å². The minimum atomic E-state index is -4.65. The number of carbonyl (C=O) groups is 1. The molecule has 0 aromatic heterocycles. The van der Waals surface area contributed by atoms with Gasteiger partial charge in [0, 0.05) is 17.2 Å². The summed E-state index contributed by atoms with van der Waals surface area (Å²) in [7, 11) is 0. The van der Waals surface area contributed by atoms with Crippen LogP contribution in [-0.2, 0) is 6.18 Å². The number of halogens is 3. The van der Waals surface area contributed by atoms with Crippen LogP contribution in [0.4, 0.5) is 13.2 Å². The van der Waals surface area contributed by atoms with E-state index in [0.29, 0.717) is 10.6 Å². The molecule has 0 aliphatic rings. The summed E-state index contributed by atoms with van der Waals surface area (Å²) >= 11 is 1.36. The van der Waals surface area contributed by atoms with Gasteiger partial charge in [-0.1, -0.05) is 13.8 Å². The number of benzene rings is 1. The summed E-state index contributed by atoms with van der Waals surface area (Å²) in [6.07, 6.45) is -4.65. The first-order valence-electron chi connectivity index (χ1n) is 6.59. The first kappa shape index (κ1) is 17.8. The number of carboxylic acids is 1. The molecule has 1 aromatic carbocycles. The van der Waals surface area contributed by atoms with Crippen molar-refractivity contribution in [2.45, 2.75) is 24.9 Å². The van der Waals surface area contributed by atoms with Crippen LogP contribution in [0.25, 0.3) is 0 Å². The second kappa shape index (κ2) is 7.70. The Morgan fingerprint density at radius 1 is 1.29 bits per heavy atom. The van der Waals surface area contributed by atoms with Gasteiger partial charge in [-0.2, -0.15) is 13.2 Å². The zero-order valence-corrected chi connectivity index (χ0v) is 12.7. The molecule has 0 saturated heterocycles. The highest BCUT2D eigenvalue weighted by atomic mass is 32.2. The quantitative estimate of drug-likeness (QED) is 0.775. The fraction of sp³-hybridized carbons (Fsp3) is 0.500. The highest BCUT2D eigenvalue weighted by Gasteiger charge is 2.35. The minimum absolute atomic E-state index is 0.535. The number of nitrogens with zero attached hydrogens (tertiary/aromatic N) is 1. The number of hydrogen-bond donors (Lipinski definition) is 1. The molecule has 21 heavy (non-hydrogen) atoms. The first-order chi connectivity index (χ1) is 9.79. The molecule has 0 spiro atoms. The molecular formula is C14H18F3NO2S. The van der Waals surface area contributed by atoms with E-state index in [2.05, 4.69) is 4.90 Å². The molecule has 0 unspecified atom stereocenters. The molecule has 3 nitrogen and oxygen atoms in total. The number of hydrogen-bond acceptors (Lipinski definition) is 3. The summed E-state index contributed by atoms with van der Waals surface area (Å²) in [5.41, 5.74) is -1.81. The molecule has 118 valence electrons. The number of rotatable bonds is 7. The molecule has 0 atom stereocenters. The van der Waals surface area contributed by atoms with Gasteiger partial charge in [0.25, 0.3) is 0 Å². The van der Waals surface area contributed by atoms with Crippen LogP contribution in [0.3, 0.4) is 0 Å². The Bertz CT molecular complexity index is 488. The van der Waals surface area contributed by atoms with Crippen LogP contribution in [0.5, 0.6) is 0 Å². The van der Waals surface area contributed by atoms with E-state index < -0.39 is 23.3 Å². The predicted octanol–water partition coefficient (Wildman–Crippen LogP) is 3.84. The molecule has 0 aliphatic heterocycles. The summed E-state index contributed by atoms with van der Waals surface area (Å²) in [5, 5.41) is 8.93. The molecule has 0 fully saturated rings. The largest absolute Gasteiger partial charge is 0.478 e. The Hall–Kier alpha value is -1.21. The molecule has 0 radical (unpaired) electrons. The molecular weight excluding hydrogens is 303 g/mol. The lowest BCUT2D eigenvalue weighted by Gasteiger charge is -2.17. The molecule has 0 bridgehead atoms. The lowest BCUT2D eigenvalue weighted by Crippen LogP contribution is -2.25. The van der Waals surface area contributed by atoms with Crippen molar-refractivity contribution in [3.63, 3.8) is 0 Å². The van der Waals surface area contributed by atoms with Gasteiger partial charge in [0.1, 0.15) is 0 Å². The number of thioether (sulfide) groups is 1. The molecule has 7 heteroatoms. The van der Waals surface area contributed by atoms with Crippen molar-refractivity contribution in [1.29, 1.82) is 0 Å². The van der Waals surface area contributed by atoms with Gasteiger partial charge in [-0.25, -0.2) is 4.79 Å². The molecule has 1 N–H and O–H groups in total. The first-order valence-corrected chi connectivity index (χ1v) is 7.57. The van der Waals surface area contributed by atoms with Gasteiger partial charge >= 0.3 is 12.1 Å². The summed E-state index contributed by atoms with van der Waals surface area (Å²) in [4.78, 5) is 13.7. The van der Waals surface area contributed by atoms with Gasteiger partial charge in [0.2, 0.25) is 0 Å². The SMILES string of the molecule is CCN(CC)CCSc1ccc(C(F)(F)F)c(C(=O)O)c1. The van der Waals surface area contributed by atoms with Gasteiger partial charge in [-0.15, -0.1) is 11.8 Å². The second-order valence-corrected chi connectivity index (χ2v) is 5.55. The van der Waals surface area contributed by atoms with E-state index in [1.54, 1.807) is 0 Å². The highest BCUT2D eigenvalue weighted by Crippen LogP contribution is 2.34. The van der Waals surface area contributed by atoms with Crippen molar-refractivity contribution in [3.05, 3.63) is 29.3 Å². The fourth-order valence-corrected chi connectivity index (χ4v) is 2.82. The van der Waals surface area contributed by atoms with Crippen LogP contribution in [0.2, 0.25) is 0 Å². The lowest BCUT2D eigenvalue weighted by atomic mass is 10.1. The smallest absolute Gasteiger partial charge is 0.417 e. The fourth-order valence-electron chi connectivity index (χ4n) is 1.87. The molecule has 0 amide bonds. The molecule has 0 saturated carbocycles. The maximum absolute atomic E-state index is 12.7. The van der Waals surface area contributed by atoms with E-state index in [1.807, 2.05) is 13.8 Å². The lowest BCUT2D eigenvalue weighted by molar-refractivity contribution is -0.138. The standard InChI is InChI=1S/C14H18F3NO2S/c1-3-18(4-2)7-8-21-10-5-6-12(14(15,16)17)11(9-10)13(19)20/h5-6,9H,3-4,7-8H2,1-2H3,(H,19,20). The second-order valence-electron chi connectivity index (χ2n) is 4.39. The Morgan fingerprint density at radius 2 is 1.90 bits per heavy atom.